The van der Waals surface area contributed by atoms with Gasteiger partial charge in [0.25, 0.3) is 0 Å². The van der Waals surface area contributed by atoms with Crippen molar-refractivity contribution in [1.29, 1.82) is 0 Å². The van der Waals surface area contributed by atoms with E-state index in [1.807, 2.05) is 0 Å². The summed E-state index contributed by atoms with van der Waals surface area (Å²) < 4.78 is 5.33. The topological polar surface area (TPSA) is 52.0 Å². The average Bonchev–Trinajstić information content (AvgIpc) is 3.14. The molecule has 2 saturated carbocycles. The number of anilines is 1. The first-order valence-electron chi connectivity index (χ1n) is 7.54. The largest absolute Gasteiger partial charge is 0.367 e. The van der Waals surface area contributed by atoms with Crippen LogP contribution < -0.4 is 5.73 Å². The van der Waals surface area contributed by atoms with Crippen molar-refractivity contribution in [2.45, 2.75) is 38.5 Å². The lowest BCUT2D eigenvalue weighted by atomic mass is 9.84. The van der Waals surface area contributed by atoms with Crippen LogP contribution in [0.2, 0.25) is 0 Å². The minimum absolute atomic E-state index is 0.464. The Morgan fingerprint density at radius 3 is 2.60 bits per heavy atom. The normalized spacial score (nSPS) is 28.1. The van der Waals surface area contributed by atoms with Crippen LogP contribution in [0.25, 0.3) is 11.1 Å². The van der Waals surface area contributed by atoms with E-state index in [1.165, 1.54) is 31.2 Å². The van der Waals surface area contributed by atoms with E-state index in [-0.39, 0.29) is 0 Å². The Bertz CT molecular complexity index is 629. The van der Waals surface area contributed by atoms with Gasteiger partial charge in [-0.25, -0.2) is 0 Å². The van der Waals surface area contributed by atoms with Gasteiger partial charge in [0.2, 0.25) is 5.88 Å². The predicted molar refractivity (Wildman–Crippen MR) is 79.3 cm³/mol. The van der Waals surface area contributed by atoms with E-state index in [2.05, 4.69) is 36.3 Å². The molecule has 0 radical (unpaired) electrons. The minimum Gasteiger partial charge on any atom is -0.367 e. The molecule has 1 aromatic heterocycles. The summed E-state index contributed by atoms with van der Waals surface area (Å²) in [7, 11) is 0. The molecule has 1 aromatic carbocycles. The van der Waals surface area contributed by atoms with Crippen LogP contribution in [0.15, 0.2) is 28.8 Å². The molecule has 2 bridgehead atoms. The number of nitrogens with two attached hydrogens (primary N) is 1. The lowest BCUT2D eigenvalue weighted by molar-refractivity contribution is 0.375. The standard InChI is InChI=1S/C17H20N2O/c1-10-2-5-12(6-3-10)15-16(19-20-17(15)18)14-9-11-4-7-13(14)8-11/h2-3,5-6,11,13-14H,4,7-9,18H2,1H3. The van der Waals surface area contributed by atoms with E-state index in [0.717, 1.165) is 28.7 Å². The maximum atomic E-state index is 6.05. The zero-order valence-electron chi connectivity index (χ0n) is 11.8. The highest BCUT2D eigenvalue weighted by molar-refractivity contribution is 5.75. The number of rotatable bonds is 2. The molecule has 3 heteroatoms. The Morgan fingerprint density at radius 1 is 1.15 bits per heavy atom. The van der Waals surface area contributed by atoms with Gasteiger partial charge in [-0.1, -0.05) is 41.4 Å². The van der Waals surface area contributed by atoms with Crippen molar-refractivity contribution in [3.63, 3.8) is 0 Å². The van der Waals surface area contributed by atoms with Crippen molar-refractivity contribution in [1.82, 2.24) is 5.16 Å². The summed E-state index contributed by atoms with van der Waals surface area (Å²) in [5.74, 6) is 2.69. The summed E-state index contributed by atoms with van der Waals surface area (Å²) in [6, 6.07) is 8.47. The van der Waals surface area contributed by atoms with Gasteiger partial charge in [-0.05, 0) is 43.6 Å². The van der Waals surface area contributed by atoms with Gasteiger partial charge in [-0.3, -0.25) is 0 Å². The third-order valence-corrected chi connectivity index (χ3v) is 5.17. The molecule has 2 N–H and O–H groups in total. The average molecular weight is 268 g/mol. The first-order valence-corrected chi connectivity index (χ1v) is 7.54. The third-order valence-electron chi connectivity index (χ3n) is 5.17. The van der Waals surface area contributed by atoms with Crippen molar-refractivity contribution in [2.24, 2.45) is 11.8 Å². The number of hydrogen-bond donors (Lipinski definition) is 1. The zero-order valence-corrected chi connectivity index (χ0v) is 11.8. The van der Waals surface area contributed by atoms with Gasteiger partial charge in [0.15, 0.2) is 0 Å². The quantitative estimate of drug-likeness (QED) is 0.890. The highest BCUT2D eigenvalue weighted by Crippen LogP contribution is 2.54. The molecule has 2 aliphatic rings. The van der Waals surface area contributed by atoms with Crippen LogP contribution in [0.1, 0.15) is 42.9 Å². The summed E-state index contributed by atoms with van der Waals surface area (Å²) in [5, 5.41) is 4.32. The molecule has 2 aliphatic carbocycles. The van der Waals surface area contributed by atoms with Gasteiger partial charge < -0.3 is 10.3 Å². The highest BCUT2D eigenvalue weighted by atomic mass is 16.5. The van der Waals surface area contributed by atoms with Crippen LogP contribution in [0.4, 0.5) is 5.88 Å². The second kappa shape index (κ2) is 4.37. The van der Waals surface area contributed by atoms with E-state index in [1.54, 1.807) is 0 Å². The number of nitrogen functional groups attached to an aromatic ring is 1. The van der Waals surface area contributed by atoms with Gasteiger partial charge in [-0.15, -0.1) is 0 Å². The number of hydrogen-bond acceptors (Lipinski definition) is 3. The Morgan fingerprint density at radius 2 is 1.95 bits per heavy atom. The molecule has 3 atom stereocenters. The second-order valence-electron chi connectivity index (χ2n) is 6.45. The first-order chi connectivity index (χ1) is 9.72. The summed E-state index contributed by atoms with van der Waals surface area (Å²) in [4.78, 5) is 0. The molecular formula is C17H20N2O. The van der Waals surface area contributed by atoms with Gasteiger partial charge in [0.1, 0.15) is 0 Å². The Labute approximate surface area is 119 Å². The number of benzene rings is 1. The third kappa shape index (κ3) is 1.76. The maximum Gasteiger partial charge on any atom is 0.230 e. The zero-order chi connectivity index (χ0) is 13.7. The molecule has 3 nitrogen and oxygen atoms in total. The van der Waals surface area contributed by atoms with Crippen LogP contribution in [0.3, 0.4) is 0 Å². The van der Waals surface area contributed by atoms with Crippen LogP contribution in [-0.4, -0.2) is 5.16 Å². The van der Waals surface area contributed by atoms with E-state index >= 15 is 0 Å². The van der Waals surface area contributed by atoms with Crippen LogP contribution in [0.5, 0.6) is 0 Å². The first kappa shape index (κ1) is 12.0. The molecular weight excluding hydrogens is 248 g/mol. The van der Waals surface area contributed by atoms with E-state index < -0.39 is 0 Å². The Kier molecular flexibility index (Phi) is 2.62. The highest BCUT2D eigenvalue weighted by Gasteiger charge is 2.42. The molecule has 4 rings (SSSR count). The number of nitrogens with zero attached hydrogens (tertiary/aromatic N) is 1. The van der Waals surface area contributed by atoms with Gasteiger partial charge in [0, 0.05) is 5.92 Å². The van der Waals surface area contributed by atoms with Gasteiger partial charge >= 0.3 is 0 Å². The monoisotopic (exact) mass is 268 g/mol. The Balaban J connectivity index is 1.76. The summed E-state index contributed by atoms with van der Waals surface area (Å²) >= 11 is 0. The van der Waals surface area contributed by atoms with Crippen molar-refractivity contribution in [3.8, 4) is 11.1 Å². The predicted octanol–water partition coefficient (Wildman–Crippen LogP) is 4.14. The molecule has 104 valence electrons. The molecule has 1 heterocycles. The lowest BCUT2D eigenvalue weighted by Gasteiger charge is -2.20. The molecule has 0 spiro atoms. The number of fused-ring (bicyclic) bond motifs is 2. The fourth-order valence-electron chi connectivity index (χ4n) is 4.16. The fourth-order valence-corrected chi connectivity index (χ4v) is 4.16. The van der Waals surface area contributed by atoms with Crippen LogP contribution in [-0.2, 0) is 0 Å². The summed E-state index contributed by atoms with van der Waals surface area (Å²) in [5.41, 5.74) is 10.6. The van der Waals surface area contributed by atoms with E-state index in [4.69, 9.17) is 10.3 Å². The van der Waals surface area contributed by atoms with Crippen LogP contribution >= 0.6 is 0 Å². The summed E-state index contributed by atoms with van der Waals surface area (Å²) in [6.45, 7) is 2.09. The number of aromatic nitrogens is 1. The van der Waals surface area contributed by atoms with E-state index in [0.29, 0.717) is 11.8 Å². The lowest BCUT2D eigenvalue weighted by Crippen LogP contribution is -2.10. The van der Waals surface area contributed by atoms with E-state index in [9.17, 15) is 0 Å². The molecule has 0 amide bonds. The molecule has 3 unspecified atom stereocenters. The molecule has 2 aromatic rings. The smallest absolute Gasteiger partial charge is 0.230 e. The van der Waals surface area contributed by atoms with Crippen molar-refractivity contribution < 1.29 is 4.52 Å². The maximum absolute atomic E-state index is 6.05. The molecule has 0 aliphatic heterocycles. The van der Waals surface area contributed by atoms with Gasteiger partial charge in [-0.2, -0.15) is 0 Å². The number of aryl methyl sites for hydroxylation is 1. The minimum atomic E-state index is 0.464. The molecule has 2 fully saturated rings. The SMILES string of the molecule is Cc1ccc(-c2c(C3CC4CCC3C4)noc2N)cc1. The molecule has 0 saturated heterocycles. The Hall–Kier alpha value is -1.77. The van der Waals surface area contributed by atoms with Crippen molar-refractivity contribution >= 4 is 5.88 Å². The second-order valence-corrected chi connectivity index (χ2v) is 6.45. The van der Waals surface area contributed by atoms with Crippen molar-refractivity contribution in [2.75, 3.05) is 5.73 Å². The molecule has 20 heavy (non-hydrogen) atoms. The van der Waals surface area contributed by atoms with Crippen LogP contribution in [0, 0.1) is 18.8 Å². The fraction of sp³-hybridized carbons (Fsp3) is 0.471. The van der Waals surface area contributed by atoms with Crippen molar-refractivity contribution in [3.05, 3.63) is 35.5 Å². The summed E-state index contributed by atoms with van der Waals surface area (Å²) in [6.07, 6.45) is 5.37. The van der Waals surface area contributed by atoms with Gasteiger partial charge in [0.05, 0.1) is 11.3 Å².